The third-order valence-corrected chi connectivity index (χ3v) is 6.21. The lowest BCUT2D eigenvalue weighted by Crippen LogP contribution is -3.11. The fourth-order valence-electron chi connectivity index (χ4n) is 3.13. The van der Waals surface area contributed by atoms with Crippen LogP contribution >= 0.6 is 0 Å². The number of furan rings is 1. The Bertz CT molecular complexity index is 870. The zero-order valence-electron chi connectivity index (χ0n) is 17.0. The maximum Gasteiger partial charge on any atom is 0.286 e. The van der Waals surface area contributed by atoms with Crippen LogP contribution in [-0.2, 0) is 21.3 Å². The number of carbonyl (C=O) groups is 1. The molecule has 1 heterocycles. The Labute approximate surface area is 167 Å². The van der Waals surface area contributed by atoms with Crippen LogP contribution in [0.4, 0.5) is 0 Å². The predicted molar refractivity (Wildman–Crippen MR) is 110 cm³/mol. The SMILES string of the molecule is CC[NH+](CC)CCCNC(=O)c1ccc(CS(=O)(=O)Cc2cccc(C)c2)o1. The molecule has 0 spiro atoms. The van der Waals surface area contributed by atoms with Crippen LogP contribution in [0.5, 0.6) is 0 Å². The van der Waals surface area contributed by atoms with Crippen molar-refractivity contribution < 1.29 is 22.5 Å². The molecule has 2 N–H and O–H groups in total. The molecule has 0 atom stereocenters. The summed E-state index contributed by atoms with van der Waals surface area (Å²) in [6, 6.07) is 10.5. The minimum atomic E-state index is -3.38. The van der Waals surface area contributed by atoms with Crippen LogP contribution < -0.4 is 10.2 Å². The number of carbonyl (C=O) groups excluding carboxylic acids is 1. The molecule has 0 aliphatic carbocycles. The van der Waals surface area contributed by atoms with Crippen LogP contribution in [0, 0.1) is 6.92 Å². The van der Waals surface area contributed by atoms with E-state index in [0.717, 1.165) is 37.2 Å². The van der Waals surface area contributed by atoms with E-state index in [-0.39, 0.29) is 28.9 Å². The number of quaternary nitrogens is 1. The second kappa shape index (κ2) is 10.4. The van der Waals surface area contributed by atoms with Gasteiger partial charge in [0.2, 0.25) is 0 Å². The van der Waals surface area contributed by atoms with E-state index in [1.54, 1.807) is 12.1 Å². The van der Waals surface area contributed by atoms with Crippen molar-refractivity contribution in [2.75, 3.05) is 26.2 Å². The largest absolute Gasteiger partial charge is 0.455 e. The van der Waals surface area contributed by atoms with Crippen LogP contribution in [0.15, 0.2) is 40.8 Å². The molecule has 0 saturated heterocycles. The van der Waals surface area contributed by atoms with Gasteiger partial charge in [-0.05, 0) is 38.5 Å². The van der Waals surface area contributed by atoms with Crippen molar-refractivity contribution in [3.05, 3.63) is 59.0 Å². The van der Waals surface area contributed by atoms with Crippen LogP contribution in [0.2, 0.25) is 0 Å². The lowest BCUT2D eigenvalue weighted by molar-refractivity contribution is -0.896. The normalized spacial score (nSPS) is 11.7. The van der Waals surface area contributed by atoms with E-state index >= 15 is 0 Å². The number of benzene rings is 1. The molecule has 1 aromatic heterocycles. The molecular formula is C21H31N2O4S+. The van der Waals surface area contributed by atoms with Crippen LogP contribution in [0.25, 0.3) is 0 Å². The quantitative estimate of drug-likeness (QED) is 0.556. The monoisotopic (exact) mass is 407 g/mol. The summed E-state index contributed by atoms with van der Waals surface area (Å²) in [6.07, 6.45) is 0.890. The van der Waals surface area contributed by atoms with Gasteiger partial charge in [0.05, 0.1) is 25.4 Å². The van der Waals surface area contributed by atoms with Gasteiger partial charge >= 0.3 is 0 Å². The zero-order chi connectivity index (χ0) is 20.6. The molecule has 7 heteroatoms. The molecule has 28 heavy (non-hydrogen) atoms. The van der Waals surface area contributed by atoms with Crippen molar-refractivity contribution in [2.24, 2.45) is 0 Å². The third kappa shape index (κ3) is 7.13. The van der Waals surface area contributed by atoms with Gasteiger partial charge in [-0.25, -0.2) is 8.42 Å². The number of aryl methyl sites for hydroxylation is 1. The van der Waals surface area contributed by atoms with Crippen molar-refractivity contribution in [1.29, 1.82) is 0 Å². The van der Waals surface area contributed by atoms with Gasteiger partial charge < -0.3 is 14.6 Å². The second-order valence-corrected chi connectivity index (χ2v) is 9.17. The maximum absolute atomic E-state index is 12.4. The average molecular weight is 408 g/mol. The molecule has 0 bridgehead atoms. The highest BCUT2D eigenvalue weighted by Gasteiger charge is 2.18. The summed E-state index contributed by atoms with van der Waals surface area (Å²) in [4.78, 5) is 13.7. The summed E-state index contributed by atoms with van der Waals surface area (Å²) in [6.45, 7) is 9.95. The summed E-state index contributed by atoms with van der Waals surface area (Å²) >= 11 is 0. The minimum Gasteiger partial charge on any atom is -0.455 e. The number of nitrogens with one attached hydrogen (secondary N) is 2. The Morgan fingerprint density at radius 2 is 1.86 bits per heavy atom. The molecule has 1 aromatic carbocycles. The average Bonchev–Trinajstić information content (AvgIpc) is 3.09. The van der Waals surface area contributed by atoms with Gasteiger partial charge in [0.15, 0.2) is 15.6 Å². The predicted octanol–water partition coefficient (Wildman–Crippen LogP) is 1.75. The highest BCUT2D eigenvalue weighted by molar-refractivity contribution is 7.89. The molecule has 2 rings (SSSR count). The van der Waals surface area contributed by atoms with Crippen molar-refractivity contribution in [3.63, 3.8) is 0 Å². The molecule has 0 unspecified atom stereocenters. The Morgan fingerprint density at radius 1 is 1.11 bits per heavy atom. The van der Waals surface area contributed by atoms with E-state index in [2.05, 4.69) is 19.2 Å². The molecule has 0 aliphatic rings. The number of amides is 1. The number of rotatable bonds is 11. The summed E-state index contributed by atoms with van der Waals surface area (Å²) < 4.78 is 30.3. The van der Waals surface area contributed by atoms with Crippen molar-refractivity contribution >= 4 is 15.7 Å². The molecule has 0 aliphatic heterocycles. The number of hydrogen-bond donors (Lipinski definition) is 2. The Hall–Kier alpha value is -2.12. The van der Waals surface area contributed by atoms with Crippen LogP contribution in [0.3, 0.4) is 0 Å². The van der Waals surface area contributed by atoms with E-state index in [9.17, 15) is 13.2 Å². The Balaban J connectivity index is 1.86. The van der Waals surface area contributed by atoms with Crippen molar-refractivity contribution in [2.45, 2.75) is 38.7 Å². The highest BCUT2D eigenvalue weighted by atomic mass is 32.2. The van der Waals surface area contributed by atoms with E-state index < -0.39 is 9.84 Å². The van der Waals surface area contributed by atoms with Crippen LogP contribution in [-0.4, -0.2) is 40.5 Å². The standard InChI is InChI=1S/C21H30N2O4S/c1-4-23(5-2)13-7-12-22-21(24)20-11-10-19(27-20)16-28(25,26)15-18-9-6-8-17(3)14-18/h6,8-11,14H,4-5,7,12-13,15-16H2,1-3H3,(H,22,24)/p+1. The van der Waals surface area contributed by atoms with Crippen LogP contribution in [0.1, 0.15) is 47.7 Å². The first-order chi connectivity index (χ1) is 13.3. The summed E-state index contributed by atoms with van der Waals surface area (Å²) in [5, 5.41) is 2.83. The molecule has 154 valence electrons. The minimum absolute atomic E-state index is 0.0510. The number of hydrogen-bond acceptors (Lipinski definition) is 4. The fraction of sp³-hybridized carbons (Fsp3) is 0.476. The molecule has 0 fully saturated rings. The van der Waals surface area contributed by atoms with Crippen molar-refractivity contribution in [3.8, 4) is 0 Å². The summed E-state index contributed by atoms with van der Waals surface area (Å²) in [7, 11) is -3.38. The first-order valence-electron chi connectivity index (χ1n) is 9.79. The second-order valence-electron chi connectivity index (χ2n) is 7.10. The number of sulfone groups is 1. The van der Waals surface area contributed by atoms with Crippen molar-refractivity contribution in [1.82, 2.24) is 5.32 Å². The first-order valence-corrected chi connectivity index (χ1v) is 11.6. The molecule has 0 radical (unpaired) electrons. The topological polar surface area (TPSA) is 80.8 Å². The third-order valence-electron chi connectivity index (χ3n) is 4.71. The van der Waals surface area contributed by atoms with E-state index in [1.807, 2.05) is 25.1 Å². The summed E-state index contributed by atoms with van der Waals surface area (Å²) in [5.74, 6) is -0.150. The van der Waals surface area contributed by atoms with Gasteiger partial charge in [-0.1, -0.05) is 29.8 Å². The van der Waals surface area contributed by atoms with Gasteiger partial charge in [-0.3, -0.25) is 4.79 Å². The smallest absolute Gasteiger partial charge is 0.286 e. The van der Waals surface area contributed by atoms with Gasteiger partial charge in [-0.2, -0.15) is 0 Å². The van der Waals surface area contributed by atoms with Gasteiger partial charge in [-0.15, -0.1) is 0 Å². The molecule has 1 amide bonds. The molecule has 2 aromatic rings. The Kier molecular flexibility index (Phi) is 8.26. The lowest BCUT2D eigenvalue weighted by Gasteiger charge is -2.14. The molecular weight excluding hydrogens is 376 g/mol. The zero-order valence-corrected chi connectivity index (χ0v) is 17.8. The highest BCUT2D eigenvalue weighted by Crippen LogP contribution is 2.16. The maximum atomic E-state index is 12.4. The Morgan fingerprint density at radius 3 is 2.54 bits per heavy atom. The lowest BCUT2D eigenvalue weighted by atomic mass is 10.2. The van der Waals surface area contributed by atoms with Gasteiger partial charge in [0.1, 0.15) is 11.5 Å². The molecule has 0 saturated carbocycles. The first kappa shape index (κ1) is 22.2. The molecule has 6 nitrogen and oxygen atoms in total. The summed E-state index contributed by atoms with van der Waals surface area (Å²) in [5.41, 5.74) is 1.77. The van der Waals surface area contributed by atoms with E-state index in [0.29, 0.717) is 6.54 Å². The van der Waals surface area contributed by atoms with E-state index in [4.69, 9.17) is 4.42 Å². The fourth-order valence-corrected chi connectivity index (χ4v) is 4.51. The van der Waals surface area contributed by atoms with E-state index in [1.165, 1.54) is 11.0 Å². The van der Waals surface area contributed by atoms with Gasteiger partial charge in [0, 0.05) is 13.0 Å². The van der Waals surface area contributed by atoms with Gasteiger partial charge in [0.25, 0.3) is 5.91 Å².